The largest absolute Gasteiger partial charge is 0.345 e. The summed E-state index contributed by atoms with van der Waals surface area (Å²) < 4.78 is 26.6. The zero-order valence-corrected chi connectivity index (χ0v) is 12.5. The number of hydrogen-bond donors (Lipinski definition) is 1. The van der Waals surface area contributed by atoms with Gasteiger partial charge in [-0.05, 0) is 32.0 Å². The number of carbonyl (C=O) groups is 1. The van der Waals surface area contributed by atoms with Crippen LogP contribution < -0.4 is 5.32 Å². The molecule has 1 unspecified atom stereocenters. The van der Waals surface area contributed by atoms with Crippen LogP contribution in [0.5, 0.6) is 0 Å². The first-order valence-corrected chi connectivity index (χ1v) is 6.80. The summed E-state index contributed by atoms with van der Waals surface area (Å²) in [6.45, 7) is 3.09. The Hall–Kier alpha value is -2.83. The fourth-order valence-electron chi connectivity index (χ4n) is 2.21. The first-order chi connectivity index (χ1) is 10.8. The number of nitro groups is 1. The zero-order chi connectivity index (χ0) is 17.1. The Balaban J connectivity index is 2.18. The van der Waals surface area contributed by atoms with Crippen molar-refractivity contribution in [2.24, 2.45) is 0 Å². The lowest BCUT2D eigenvalue weighted by Crippen LogP contribution is -2.27. The monoisotopic (exact) mass is 320 g/mol. The first-order valence-electron chi connectivity index (χ1n) is 6.80. The number of carbonyl (C=O) groups excluding carboxylic acids is 1. The minimum Gasteiger partial charge on any atom is -0.345 e. The maximum absolute atomic E-state index is 13.7. The average Bonchev–Trinajstić information content (AvgIpc) is 2.46. The Morgan fingerprint density at radius 1 is 1.22 bits per heavy atom. The number of hydrogen-bond acceptors (Lipinski definition) is 3. The van der Waals surface area contributed by atoms with Crippen LogP contribution in [0.4, 0.5) is 14.5 Å². The highest BCUT2D eigenvalue weighted by Gasteiger charge is 2.17. The number of aryl methyl sites for hydroxylation is 1. The van der Waals surface area contributed by atoms with E-state index >= 15 is 0 Å². The summed E-state index contributed by atoms with van der Waals surface area (Å²) >= 11 is 0. The van der Waals surface area contributed by atoms with Gasteiger partial charge < -0.3 is 5.32 Å². The summed E-state index contributed by atoms with van der Waals surface area (Å²) in [5, 5.41) is 13.3. The van der Waals surface area contributed by atoms with Gasteiger partial charge in [-0.25, -0.2) is 8.78 Å². The molecule has 1 amide bonds. The number of halogens is 2. The standard InChI is InChI=1S/C16H14F2N2O3/c1-9-7-11(3-6-15(9)20(22)23)16(21)19-10(2)13-5-4-12(17)8-14(13)18/h3-8,10H,1-2H3,(H,19,21). The first kappa shape index (κ1) is 16.5. The van der Waals surface area contributed by atoms with Gasteiger partial charge in [0.05, 0.1) is 11.0 Å². The summed E-state index contributed by atoms with van der Waals surface area (Å²) in [5.41, 5.74) is 0.642. The van der Waals surface area contributed by atoms with Gasteiger partial charge in [-0.15, -0.1) is 0 Å². The van der Waals surface area contributed by atoms with E-state index in [9.17, 15) is 23.7 Å². The van der Waals surface area contributed by atoms with E-state index in [0.29, 0.717) is 5.56 Å². The summed E-state index contributed by atoms with van der Waals surface area (Å²) in [4.78, 5) is 22.4. The fourth-order valence-corrected chi connectivity index (χ4v) is 2.21. The van der Waals surface area contributed by atoms with Gasteiger partial charge in [0.1, 0.15) is 11.6 Å². The van der Waals surface area contributed by atoms with Gasteiger partial charge in [0.2, 0.25) is 0 Å². The number of nitro benzene ring substituents is 1. The summed E-state index contributed by atoms with van der Waals surface area (Å²) in [5.74, 6) is -1.95. The van der Waals surface area contributed by atoms with Gasteiger partial charge >= 0.3 is 0 Å². The maximum Gasteiger partial charge on any atom is 0.272 e. The minimum absolute atomic E-state index is 0.0841. The van der Waals surface area contributed by atoms with Crippen LogP contribution >= 0.6 is 0 Å². The number of nitrogens with zero attached hydrogens (tertiary/aromatic N) is 1. The van der Waals surface area contributed by atoms with Crippen molar-refractivity contribution < 1.29 is 18.5 Å². The van der Waals surface area contributed by atoms with Crippen molar-refractivity contribution >= 4 is 11.6 Å². The van der Waals surface area contributed by atoms with Crippen LogP contribution in [0.2, 0.25) is 0 Å². The van der Waals surface area contributed by atoms with Gasteiger partial charge in [0.15, 0.2) is 0 Å². The van der Waals surface area contributed by atoms with E-state index in [1.54, 1.807) is 6.92 Å². The van der Waals surface area contributed by atoms with Crippen molar-refractivity contribution in [3.63, 3.8) is 0 Å². The number of amides is 1. The van der Waals surface area contributed by atoms with E-state index < -0.39 is 28.5 Å². The molecule has 0 heterocycles. The Morgan fingerprint density at radius 2 is 1.91 bits per heavy atom. The van der Waals surface area contributed by atoms with E-state index in [0.717, 1.165) is 12.1 Å². The topological polar surface area (TPSA) is 72.2 Å². The molecule has 2 rings (SSSR count). The highest BCUT2D eigenvalue weighted by atomic mass is 19.1. The summed E-state index contributed by atoms with van der Waals surface area (Å²) in [7, 11) is 0. The van der Waals surface area contributed by atoms with Crippen LogP contribution in [0, 0.1) is 28.7 Å². The maximum atomic E-state index is 13.7. The quantitative estimate of drug-likeness (QED) is 0.690. The second kappa shape index (κ2) is 6.51. The Morgan fingerprint density at radius 3 is 2.48 bits per heavy atom. The van der Waals surface area contributed by atoms with E-state index in [2.05, 4.69) is 5.32 Å². The molecule has 0 aromatic heterocycles. The molecule has 0 aliphatic rings. The number of benzene rings is 2. The third kappa shape index (κ3) is 3.68. The highest BCUT2D eigenvalue weighted by molar-refractivity contribution is 5.95. The molecule has 1 atom stereocenters. The summed E-state index contributed by atoms with van der Waals surface area (Å²) in [6.07, 6.45) is 0. The van der Waals surface area contributed by atoms with Crippen LogP contribution in [0.15, 0.2) is 36.4 Å². The minimum atomic E-state index is -0.752. The zero-order valence-electron chi connectivity index (χ0n) is 12.5. The van der Waals surface area contributed by atoms with Crippen LogP contribution in [0.25, 0.3) is 0 Å². The molecule has 2 aromatic rings. The Kier molecular flexibility index (Phi) is 4.68. The van der Waals surface area contributed by atoms with Crippen molar-refractivity contribution in [2.45, 2.75) is 19.9 Å². The molecule has 0 aliphatic heterocycles. The van der Waals surface area contributed by atoms with E-state index in [1.165, 1.54) is 31.2 Å². The lowest BCUT2D eigenvalue weighted by molar-refractivity contribution is -0.385. The third-order valence-electron chi connectivity index (χ3n) is 3.43. The third-order valence-corrected chi connectivity index (χ3v) is 3.43. The Bertz CT molecular complexity index is 778. The van der Waals surface area contributed by atoms with Crippen molar-refractivity contribution in [1.82, 2.24) is 5.32 Å². The molecule has 23 heavy (non-hydrogen) atoms. The molecule has 0 radical (unpaired) electrons. The lowest BCUT2D eigenvalue weighted by Gasteiger charge is -2.15. The van der Waals surface area contributed by atoms with Gasteiger partial charge in [-0.1, -0.05) is 6.07 Å². The summed E-state index contributed by atoms with van der Waals surface area (Å²) in [6, 6.07) is 6.39. The number of rotatable bonds is 4. The molecule has 2 aromatic carbocycles. The van der Waals surface area contributed by atoms with E-state index in [-0.39, 0.29) is 16.8 Å². The van der Waals surface area contributed by atoms with Gasteiger partial charge in [0, 0.05) is 28.8 Å². The average molecular weight is 320 g/mol. The van der Waals surface area contributed by atoms with Crippen LogP contribution in [0.3, 0.4) is 0 Å². The van der Waals surface area contributed by atoms with E-state index in [4.69, 9.17) is 0 Å². The second-order valence-electron chi connectivity index (χ2n) is 5.12. The van der Waals surface area contributed by atoms with Crippen molar-refractivity contribution in [3.05, 3.63) is 74.8 Å². The fraction of sp³-hybridized carbons (Fsp3) is 0.188. The van der Waals surface area contributed by atoms with Crippen molar-refractivity contribution in [3.8, 4) is 0 Å². The predicted octanol–water partition coefficient (Wildman–Crippen LogP) is 3.67. The molecular weight excluding hydrogens is 306 g/mol. The van der Waals surface area contributed by atoms with Gasteiger partial charge in [-0.2, -0.15) is 0 Å². The normalized spacial score (nSPS) is 11.8. The van der Waals surface area contributed by atoms with Crippen molar-refractivity contribution in [1.29, 1.82) is 0 Å². The molecule has 0 saturated carbocycles. The highest BCUT2D eigenvalue weighted by Crippen LogP contribution is 2.21. The molecule has 0 spiro atoms. The van der Waals surface area contributed by atoms with Crippen LogP contribution in [-0.4, -0.2) is 10.8 Å². The van der Waals surface area contributed by atoms with E-state index in [1.807, 2.05) is 0 Å². The molecule has 5 nitrogen and oxygen atoms in total. The molecular formula is C16H14F2N2O3. The molecule has 0 fully saturated rings. The number of nitrogens with one attached hydrogen (secondary N) is 1. The second-order valence-corrected chi connectivity index (χ2v) is 5.12. The van der Waals surface area contributed by atoms with Gasteiger partial charge in [0.25, 0.3) is 11.6 Å². The van der Waals surface area contributed by atoms with Gasteiger partial charge in [-0.3, -0.25) is 14.9 Å². The molecule has 0 saturated heterocycles. The molecule has 7 heteroatoms. The Labute approximate surface area is 131 Å². The predicted molar refractivity (Wildman–Crippen MR) is 80.1 cm³/mol. The smallest absolute Gasteiger partial charge is 0.272 e. The molecule has 0 bridgehead atoms. The molecule has 1 N–H and O–H groups in total. The molecule has 120 valence electrons. The van der Waals surface area contributed by atoms with Crippen molar-refractivity contribution in [2.75, 3.05) is 0 Å². The lowest BCUT2D eigenvalue weighted by atomic mass is 10.1. The molecule has 0 aliphatic carbocycles. The van der Waals surface area contributed by atoms with Crippen LogP contribution in [0.1, 0.15) is 34.5 Å². The SMILES string of the molecule is Cc1cc(C(=O)NC(C)c2ccc(F)cc2F)ccc1[N+](=O)[O-]. The van der Waals surface area contributed by atoms with Crippen LogP contribution in [-0.2, 0) is 0 Å².